The molecule has 3 N–H and O–H groups in total. The first-order chi connectivity index (χ1) is 24.7. The summed E-state index contributed by atoms with van der Waals surface area (Å²) in [6.07, 6.45) is 7.26. The van der Waals surface area contributed by atoms with Crippen molar-refractivity contribution in [2.24, 2.45) is 29.1 Å². The summed E-state index contributed by atoms with van der Waals surface area (Å²) in [5.74, 6) is 1.59. The van der Waals surface area contributed by atoms with Crippen molar-refractivity contribution in [2.75, 3.05) is 55.0 Å². The normalized spacial score (nSPS) is 27.5. The van der Waals surface area contributed by atoms with Gasteiger partial charge in [-0.2, -0.15) is 5.06 Å². The maximum Gasteiger partial charge on any atom is 0.240 e. The summed E-state index contributed by atoms with van der Waals surface area (Å²) in [4.78, 5) is 25.1. The second-order valence-electron chi connectivity index (χ2n) is 17.3. The molecule has 290 valence electrons. The van der Waals surface area contributed by atoms with Crippen molar-refractivity contribution in [2.45, 2.75) is 110 Å². The van der Waals surface area contributed by atoms with Gasteiger partial charge in [-0.1, -0.05) is 57.2 Å². The number of aliphatic hydroxyl groups is 2. The molecule has 4 aliphatic rings. The molecule has 52 heavy (non-hydrogen) atoms. The van der Waals surface area contributed by atoms with E-state index in [2.05, 4.69) is 88.3 Å². The zero-order valence-corrected chi connectivity index (χ0v) is 33.5. The minimum atomic E-state index is -0.848. The Morgan fingerprint density at radius 2 is 1.65 bits per heavy atom. The number of carbonyl (C=O) groups excluding carboxylic acids is 1. The lowest BCUT2D eigenvalue weighted by molar-refractivity contribution is -0.183. The molecule has 0 spiro atoms. The van der Waals surface area contributed by atoms with Gasteiger partial charge in [0.1, 0.15) is 17.9 Å². The predicted octanol–water partition coefficient (Wildman–Crippen LogP) is 5.79. The Balaban J connectivity index is 1.41. The van der Waals surface area contributed by atoms with Crippen molar-refractivity contribution in [3.05, 3.63) is 53.1 Å². The SMILES string of the molecule is COc1c(CN2O[C@@H](CO)[C@H]([C@H](C)O)[C@H]2C(=O)N[C@H]2CC3C[C@H]([C@@H]2C)C3(C)C)cccc1-c1cc(CCCCN(C)C)cc(CCCCN(C)C)c1. The van der Waals surface area contributed by atoms with E-state index in [1.807, 2.05) is 12.1 Å². The van der Waals surface area contributed by atoms with E-state index in [0.717, 1.165) is 80.5 Å². The summed E-state index contributed by atoms with van der Waals surface area (Å²) >= 11 is 0. The van der Waals surface area contributed by atoms with E-state index in [9.17, 15) is 15.0 Å². The fourth-order valence-electron chi connectivity index (χ4n) is 9.55. The molecule has 9 nitrogen and oxygen atoms in total. The third-order valence-electron chi connectivity index (χ3n) is 12.7. The molecule has 2 bridgehead atoms. The summed E-state index contributed by atoms with van der Waals surface area (Å²) in [6, 6.07) is 12.5. The summed E-state index contributed by atoms with van der Waals surface area (Å²) in [7, 11) is 10.2. The van der Waals surface area contributed by atoms with Crippen molar-refractivity contribution < 1.29 is 24.6 Å². The van der Waals surface area contributed by atoms with Crippen LogP contribution in [0, 0.1) is 29.1 Å². The van der Waals surface area contributed by atoms with Crippen LogP contribution in [0.15, 0.2) is 36.4 Å². The number of benzene rings is 2. The molecule has 2 aromatic rings. The van der Waals surface area contributed by atoms with Crippen LogP contribution in [0.2, 0.25) is 0 Å². The van der Waals surface area contributed by atoms with Crippen molar-refractivity contribution in [1.29, 1.82) is 0 Å². The van der Waals surface area contributed by atoms with Crippen LogP contribution in [0.1, 0.15) is 82.9 Å². The fraction of sp³-hybridized carbons (Fsp3) is 0.698. The molecule has 2 aromatic carbocycles. The topological polar surface area (TPSA) is 97.7 Å². The number of carbonyl (C=O) groups is 1. The van der Waals surface area contributed by atoms with Crippen LogP contribution in [-0.2, 0) is 29.0 Å². The third kappa shape index (κ3) is 9.22. The van der Waals surface area contributed by atoms with Gasteiger partial charge in [0.15, 0.2) is 0 Å². The Hall–Kier alpha value is -2.53. The van der Waals surface area contributed by atoms with Gasteiger partial charge in [0, 0.05) is 23.1 Å². The molecule has 1 amide bonds. The summed E-state index contributed by atoms with van der Waals surface area (Å²) in [6.45, 7) is 10.8. The zero-order valence-electron chi connectivity index (χ0n) is 33.5. The van der Waals surface area contributed by atoms with E-state index in [4.69, 9.17) is 9.57 Å². The van der Waals surface area contributed by atoms with Crippen molar-refractivity contribution in [3.63, 3.8) is 0 Å². The highest BCUT2D eigenvalue weighted by molar-refractivity contribution is 5.83. The maximum atomic E-state index is 14.3. The van der Waals surface area contributed by atoms with Crippen LogP contribution >= 0.6 is 0 Å². The molecule has 6 rings (SSSR count). The lowest BCUT2D eigenvalue weighted by atomic mass is 9.45. The molecule has 0 aromatic heterocycles. The van der Waals surface area contributed by atoms with Crippen LogP contribution in [0.3, 0.4) is 0 Å². The van der Waals surface area contributed by atoms with Gasteiger partial charge in [0.25, 0.3) is 0 Å². The van der Waals surface area contributed by atoms with E-state index in [1.165, 1.54) is 17.5 Å². The molecule has 8 atom stereocenters. The summed E-state index contributed by atoms with van der Waals surface area (Å²) in [5, 5.41) is 26.4. The zero-order chi connectivity index (χ0) is 37.7. The maximum absolute atomic E-state index is 14.3. The number of hydrogen-bond acceptors (Lipinski definition) is 8. The van der Waals surface area contributed by atoms with Crippen molar-refractivity contribution in [1.82, 2.24) is 20.2 Å². The highest BCUT2D eigenvalue weighted by Gasteiger charge is 2.57. The van der Waals surface area contributed by atoms with E-state index >= 15 is 0 Å². The number of hydrogen-bond donors (Lipinski definition) is 3. The minimum absolute atomic E-state index is 0.0825. The molecule has 3 saturated carbocycles. The van der Waals surface area contributed by atoms with Crippen LogP contribution < -0.4 is 10.1 Å². The van der Waals surface area contributed by atoms with Gasteiger partial charge >= 0.3 is 0 Å². The number of methoxy groups -OCH3 is 1. The number of amides is 1. The molecule has 3 aliphatic carbocycles. The molecule has 1 aliphatic heterocycles. The molecule has 4 fully saturated rings. The Bertz CT molecular complexity index is 1440. The Labute approximate surface area is 314 Å². The quantitative estimate of drug-likeness (QED) is 0.167. The number of nitrogens with zero attached hydrogens (tertiary/aromatic N) is 3. The molecule has 1 saturated heterocycles. The standard InChI is InChI=1S/C43H68N4O5/c1-28-36-24-34(43(36,3)4)25-37(28)44-42(50)40-39(29(2)49)38(27-48)52-47(40)26-32-17-14-18-35(41(32)51-9)33-22-30(15-10-12-19-45(5)6)21-31(23-33)16-11-13-20-46(7)8/h14,17-18,21-23,28-29,34,36-40,48-49H,10-13,15-16,19-20,24-27H2,1-9H3,(H,44,50)/t28-,29-,34?,36+,37-,38-,39-,40-/m0/s1. The van der Waals surface area contributed by atoms with Gasteiger partial charge in [-0.15, -0.1) is 0 Å². The Kier molecular flexibility index (Phi) is 13.9. The van der Waals surface area contributed by atoms with Gasteiger partial charge in [-0.05, 0) is 139 Å². The molecular formula is C43H68N4O5. The highest BCUT2D eigenvalue weighted by atomic mass is 16.7. The van der Waals surface area contributed by atoms with Crippen LogP contribution in [0.5, 0.6) is 5.75 Å². The molecule has 0 radical (unpaired) electrons. The molecule has 1 unspecified atom stereocenters. The number of aryl methyl sites for hydroxylation is 2. The number of fused-ring (bicyclic) bond motifs is 2. The fourth-order valence-corrected chi connectivity index (χ4v) is 9.55. The number of ether oxygens (including phenoxy) is 1. The number of para-hydroxylation sites is 1. The molecule has 9 heteroatoms. The summed E-state index contributed by atoms with van der Waals surface area (Å²) < 4.78 is 6.17. The van der Waals surface area contributed by atoms with E-state index < -0.39 is 24.2 Å². The second kappa shape index (κ2) is 17.7. The second-order valence-corrected chi connectivity index (χ2v) is 17.3. The lowest BCUT2D eigenvalue weighted by Gasteiger charge is -2.62. The Morgan fingerprint density at radius 3 is 2.17 bits per heavy atom. The number of rotatable bonds is 18. The van der Waals surface area contributed by atoms with Crippen LogP contribution in [-0.4, -0.2) is 110 Å². The number of nitrogens with one attached hydrogen (secondary N) is 1. The highest BCUT2D eigenvalue weighted by Crippen LogP contribution is 2.61. The average molecular weight is 721 g/mol. The van der Waals surface area contributed by atoms with E-state index in [0.29, 0.717) is 23.2 Å². The third-order valence-corrected chi connectivity index (χ3v) is 12.7. The minimum Gasteiger partial charge on any atom is -0.496 e. The van der Waals surface area contributed by atoms with Gasteiger partial charge in [-0.25, -0.2) is 0 Å². The van der Waals surface area contributed by atoms with Gasteiger partial charge < -0.3 is 30.1 Å². The summed E-state index contributed by atoms with van der Waals surface area (Å²) in [5.41, 5.74) is 6.02. The molecular weight excluding hydrogens is 652 g/mol. The van der Waals surface area contributed by atoms with Crippen molar-refractivity contribution in [3.8, 4) is 16.9 Å². The van der Waals surface area contributed by atoms with Crippen molar-refractivity contribution >= 4 is 5.91 Å². The van der Waals surface area contributed by atoms with Gasteiger partial charge in [0.05, 0.1) is 26.4 Å². The Morgan fingerprint density at radius 1 is 1.02 bits per heavy atom. The predicted molar refractivity (Wildman–Crippen MR) is 209 cm³/mol. The van der Waals surface area contributed by atoms with Gasteiger partial charge in [-0.3, -0.25) is 9.63 Å². The first-order valence-corrected chi connectivity index (χ1v) is 19.9. The first-order valence-electron chi connectivity index (χ1n) is 19.9. The number of aliphatic hydroxyl groups excluding tert-OH is 2. The van der Waals surface area contributed by atoms with Gasteiger partial charge in [0.2, 0.25) is 5.91 Å². The average Bonchev–Trinajstić information content (AvgIpc) is 3.47. The first kappa shape index (κ1) is 40.7. The smallest absolute Gasteiger partial charge is 0.240 e. The molecule has 1 heterocycles. The number of hydroxylamine groups is 2. The lowest BCUT2D eigenvalue weighted by Crippen LogP contribution is -2.62. The van der Waals surface area contributed by atoms with Crippen LogP contribution in [0.4, 0.5) is 0 Å². The largest absolute Gasteiger partial charge is 0.496 e. The van der Waals surface area contributed by atoms with Crippen LogP contribution in [0.25, 0.3) is 11.1 Å². The van der Waals surface area contributed by atoms with E-state index in [-0.39, 0.29) is 25.1 Å². The monoisotopic (exact) mass is 721 g/mol. The number of unbranched alkanes of at least 4 members (excludes halogenated alkanes) is 2. The van der Waals surface area contributed by atoms with E-state index in [1.54, 1.807) is 19.1 Å².